The van der Waals surface area contributed by atoms with Crippen molar-refractivity contribution in [3.05, 3.63) is 71.0 Å². The number of aromatic amines is 2. The van der Waals surface area contributed by atoms with E-state index in [0.717, 1.165) is 32.9 Å². The number of aryl methyl sites for hydroxylation is 2. The van der Waals surface area contributed by atoms with E-state index in [1.165, 1.54) is 11.1 Å². The van der Waals surface area contributed by atoms with Gasteiger partial charge in [0.2, 0.25) is 0 Å². The molecule has 0 amide bonds. The van der Waals surface area contributed by atoms with E-state index in [2.05, 4.69) is 60.2 Å². The molecule has 27 heavy (non-hydrogen) atoms. The summed E-state index contributed by atoms with van der Waals surface area (Å²) in [6.45, 7) is 6.40. The van der Waals surface area contributed by atoms with Gasteiger partial charge in [-0.3, -0.25) is 4.79 Å². The maximum absolute atomic E-state index is 12.4. The first-order chi connectivity index (χ1) is 13.1. The van der Waals surface area contributed by atoms with Gasteiger partial charge in [0.05, 0.1) is 13.0 Å². The molecule has 2 heterocycles. The maximum Gasteiger partial charge on any atom is 0.306 e. The molecule has 0 aliphatic carbocycles. The van der Waals surface area contributed by atoms with Crippen LogP contribution in [0.15, 0.2) is 48.8 Å². The molecule has 4 nitrogen and oxygen atoms in total. The molecule has 0 atom stereocenters. The first-order valence-corrected chi connectivity index (χ1v) is 9.37. The number of H-pyrrole nitrogens is 2. The van der Waals surface area contributed by atoms with E-state index in [1.54, 1.807) is 0 Å². The van der Waals surface area contributed by atoms with Gasteiger partial charge in [0.25, 0.3) is 0 Å². The van der Waals surface area contributed by atoms with Gasteiger partial charge in [0.15, 0.2) is 0 Å². The lowest BCUT2D eigenvalue weighted by Gasteiger charge is -2.16. The summed E-state index contributed by atoms with van der Waals surface area (Å²) in [5.74, 6) is -0.248. The summed E-state index contributed by atoms with van der Waals surface area (Å²) in [4.78, 5) is 19.1. The van der Waals surface area contributed by atoms with Gasteiger partial charge in [0.1, 0.15) is 0 Å². The van der Waals surface area contributed by atoms with Crippen molar-refractivity contribution in [3.8, 4) is 0 Å². The lowest BCUT2D eigenvalue weighted by atomic mass is 9.87. The molecule has 0 saturated carbocycles. The average Bonchev–Trinajstić information content (AvgIpc) is 3.23. The first-order valence-electron chi connectivity index (χ1n) is 9.37. The number of carbonyl (C=O) groups excluding carboxylic acids is 1. The average molecular weight is 360 g/mol. The minimum absolute atomic E-state index is 0.0723. The van der Waals surface area contributed by atoms with E-state index in [-0.39, 0.29) is 11.9 Å². The summed E-state index contributed by atoms with van der Waals surface area (Å²) >= 11 is 0. The fourth-order valence-corrected chi connectivity index (χ4v) is 3.88. The van der Waals surface area contributed by atoms with Crippen molar-refractivity contribution < 1.29 is 9.53 Å². The Morgan fingerprint density at radius 1 is 0.926 bits per heavy atom. The van der Waals surface area contributed by atoms with Crippen LogP contribution >= 0.6 is 0 Å². The smallest absolute Gasteiger partial charge is 0.306 e. The Kier molecular flexibility index (Phi) is 4.48. The highest BCUT2D eigenvalue weighted by Gasteiger charge is 2.24. The quantitative estimate of drug-likeness (QED) is 0.471. The highest BCUT2D eigenvalue weighted by atomic mass is 16.5. The molecule has 2 aromatic carbocycles. The SMILES string of the molecule is CCOC(=O)CC(c1c[nH]c2cc(C)ccc12)c1c[nH]c2cc(C)ccc12. The summed E-state index contributed by atoms with van der Waals surface area (Å²) in [5, 5.41) is 2.30. The summed E-state index contributed by atoms with van der Waals surface area (Å²) in [5.41, 5.74) is 6.85. The zero-order chi connectivity index (χ0) is 19.0. The summed E-state index contributed by atoms with van der Waals surface area (Å²) in [6.07, 6.45) is 4.37. The van der Waals surface area contributed by atoms with Crippen molar-refractivity contribution in [1.82, 2.24) is 9.97 Å². The van der Waals surface area contributed by atoms with E-state index in [9.17, 15) is 4.79 Å². The van der Waals surface area contributed by atoms with E-state index in [0.29, 0.717) is 13.0 Å². The minimum Gasteiger partial charge on any atom is -0.466 e. The van der Waals surface area contributed by atoms with E-state index in [4.69, 9.17) is 4.74 Å². The minimum atomic E-state index is -0.176. The van der Waals surface area contributed by atoms with E-state index in [1.807, 2.05) is 19.3 Å². The van der Waals surface area contributed by atoms with Crippen LogP contribution in [0.3, 0.4) is 0 Å². The maximum atomic E-state index is 12.4. The second-order valence-electron chi connectivity index (χ2n) is 7.15. The molecular weight excluding hydrogens is 336 g/mol. The van der Waals surface area contributed by atoms with Gasteiger partial charge in [-0.15, -0.1) is 0 Å². The van der Waals surface area contributed by atoms with E-state index < -0.39 is 0 Å². The van der Waals surface area contributed by atoms with Crippen LogP contribution in [0.25, 0.3) is 21.8 Å². The number of esters is 1. The summed E-state index contributed by atoms with van der Waals surface area (Å²) in [6, 6.07) is 12.8. The Morgan fingerprint density at radius 3 is 1.93 bits per heavy atom. The standard InChI is InChI=1S/C23H24N2O2/c1-4-27-23(26)11-18(19-12-24-21-9-14(2)5-7-16(19)21)20-13-25-22-10-15(3)6-8-17(20)22/h5-10,12-13,18,24-25H,4,11H2,1-3H3. The van der Waals surface area contributed by atoms with Gasteiger partial charge < -0.3 is 14.7 Å². The third-order valence-corrected chi connectivity index (χ3v) is 5.17. The summed E-state index contributed by atoms with van der Waals surface area (Å²) in [7, 11) is 0. The van der Waals surface area contributed by atoms with Gasteiger partial charge in [-0.05, 0) is 55.2 Å². The second kappa shape index (κ2) is 6.95. The number of carbonyl (C=O) groups is 1. The molecule has 0 aliphatic heterocycles. The summed E-state index contributed by atoms with van der Waals surface area (Å²) < 4.78 is 5.27. The number of rotatable bonds is 5. The molecule has 0 aliphatic rings. The molecule has 2 aromatic heterocycles. The predicted octanol–water partition coefficient (Wildman–Crippen LogP) is 5.35. The van der Waals surface area contributed by atoms with Crippen molar-refractivity contribution in [2.24, 2.45) is 0 Å². The molecule has 4 rings (SSSR count). The number of benzene rings is 2. The normalized spacial score (nSPS) is 11.6. The lowest BCUT2D eigenvalue weighted by Crippen LogP contribution is -2.11. The highest BCUT2D eigenvalue weighted by molar-refractivity contribution is 5.90. The van der Waals surface area contributed by atoms with Gasteiger partial charge in [-0.25, -0.2) is 0 Å². The van der Waals surface area contributed by atoms with Gasteiger partial charge in [-0.1, -0.05) is 24.3 Å². The van der Waals surface area contributed by atoms with Gasteiger partial charge in [0, 0.05) is 40.1 Å². The molecule has 0 fully saturated rings. The number of ether oxygens (including phenoxy) is 1. The van der Waals surface area contributed by atoms with Crippen LogP contribution in [0.5, 0.6) is 0 Å². The first kappa shape index (κ1) is 17.4. The molecule has 4 heteroatoms. The molecule has 2 N–H and O–H groups in total. The van der Waals surface area contributed by atoms with Crippen molar-refractivity contribution in [1.29, 1.82) is 0 Å². The number of hydrogen-bond donors (Lipinski definition) is 2. The van der Waals surface area contributed by atoms with E-state index >= 15 is 0 Å². The largest absolute Gasteiger partial charge is 0.466 e. The Balaban J connectivity index is 1.86. The molecule has 4 aromatic rings. The molecular formula is C23H24N2O2. The Morgan fingerprint density at radius 2 is 1.44 bits per heavy atom. The zero-order valence-corrected chi connectivity index (χ0v) is 15.9. The third kappa shape index (κ3) is 3.23. The Bertz CT molecular complexity index is 1040. The molecule has 138 valence electrons. The molecule has 0 saturated heterocycles. The second-order valence-corrected chi connectivity index (χ2v) is 7.15. The number of nitrogens with one attached hydrogen (secondary N) is 2. The van der Waals surface area contributed by atoms with Crippen LogP contribution in [0.2, 0.25) is 0 Å². The monoisotopic (exact) mass is 360 g/mol. The van der Waals surface area contributed by atoms with Gasteiger partial charge >= 0.3 is 5.97 Å². The van der Waals surface area contributed by atoms with Crippen LogP contribution in [-0.2, 0) is 9.53 Å². The van der Waals surface area contributed by atoms with Crippen LogP contribution in [0.4, 0.5) is 0 Å². The lowest BCUT2D eigenvalue weighted by molar-refractivity contribution is -0.143. The Hall–Kier alpha value is -3.01. The number of aromatic nitrogens is 2. The highest BCUT2D eigenvalue weighted by Crippen LogP contribution is 2.37. The molecule has 0 spiro atoms. The predicted molar refractivity (Wildman–Crippen MR) is 109 cm³/mol. The third-order valence-electron chi connectivity index (χ3n) is 5.17. The van der Waals surface area contributed by atoms with Crippen LogP contribution in [-0.4, -0.2) is 22.5 Å². The van der Waals surface area contributed by atoms with Crippen LogP contribution in [0, 0.1) is 13.8 Å². The molecule has 0 unspecified atom stereocenters. The van der Waals surface area contributed by atoms with Crippen LogP contribution in [0.1, 0.15) is 41.5 Å². The van der Waals surface area contributed by atoms with Crippen molar-refractivity contribution in [2.45, 2.75) is 33.1 Å². The molecule has 0 bridgehead atoms. The Labute approximate surface area is 158 Å². The van der Waals surface area contributed by atoms with Crippen molar-refractivity contribution in [2.75, 3.05) is 6.61 Å². The van der Waals surface area contributed by atoms with Crippen molar-refractivity contribution >= 4 is 27.8 Å². The number of hydrogen-bond acceptors (Lipinski definition) is 2. The van der Waals surface area contributed by atoms with Gasteiger partial charge in [-0.2, -0.15) is 0 Å². The topological polar surface area (TPSA) is 57.9 Å². The zero-order valence-electron chi connectivity index (χ0n) is 15.9. The molecule has 0 radical (unpaired) electrons. The fraction of sp³-hybridized carbons (Fsp3) is 0.261. The van der Waals surface area contributed by atoms with Crippen molar-refractivity contribution in [3.63, 3.8) is 0 Å². The number of fused-ring (bicyclic) bond motifs is 2. The fourth-order valence-electron chi connectivity index (χ4n) is 3.88. The van der Waals surface area contributed by atoms with Crippen LogP contribution < -0.4 is 0 Å².